The van der Waals surface area contributed by atoms with Crippen LogP contribution < -0.4 is 10.1 Å². The number of nitrogens with one attached hydrogen (secondary N) is 1. The van der Waals surface area contributed by atoms with E-state index >= 15 is 0 Å². The average Bonchev–Trinajstić information content (AvgIpc) is 2.33. The van der Waals surface area contributed by atoms with Crippen molar-refractivity contribution in [2.75, 3.05) is 0 Å². The van der Waals surface area contributed by atoms with Crippen LogP contribution in [0, 0.1) is 19.8 Å². The smallest absolute Gasteiger partial charge is 0.260 e. The Labute approximate surface area is 116 Å². The average molecular weight is 263 g/mol. The Kier molecular flexibility index (Phi) is 5.40. The van der Waals surface area contributed by atoms with E-state index in [2.05, 4.69) is 19.2 Å². The molecule has 2 atom stereocenters. The lowest BCUT2D eigenvalue weighted by atomic mass is 10.1. The molecular weight excluding hydrogens is 238 g/mol. The lowest BCUT2D eigenvalue weighted by Gasteiger charge is -2.21. The van der Waals surface area contributed by atoms with Gasteiger partial charge in [0.15, 0.2) is 6.10 Å². The summed E-state index contributed by atoms with van der Waals surface area (Å²) in [5, 5.41) is 2.97. The predicted molar refractivity (Wildman–Crippen MR) is 78.4 cm³/mol. The van der Waals surface area contributed by atoms with Gasteiger partial charge in [-0.1, -0.05) is 26.0 Å². The molecule has 0 aliphatic rings. The molecule has 19 heavy (non-hydrogen) atoms. The third-order valence-corrected chi connectivity index (χ3v) is 3.39. The minimum Gasteiger partial charge on any atom is -0.481 e. The summed E-state index contributed by atoms with van der Waals surface area (Å²) in [5.74, 6) is 1.12. The summed E-state index contributed by atoms with van der Waals surface area (Å²) in [5.41, 5.74) is 2.17. The number of ether oxygens (including phenoxy) is 1. The molecule has 0 aromatic heterocycles. The Morgan fingerprint density at radius 1 is 1.16 bits per heavy atom. The molecular formula is C16H25NO2. The lowest BCUT2D eigenvalue weighted by molar-refractivity contribution is -0.128. The molecule has 3 nitrogen and oxygen atoms in total. The maximum absolute atomic E-state index is 12.0. The zero-order chi connectivity index (χ0) is 14.6. The van der Waals surface area contributed by atoms with Crippen LogP contribution in [0.3, 0.4) is 0 Å². The van der Waals surface area contributed by atoms with Gasteiger partial charge in [-0.3, -0.25) is 4.79 Å². The molecule has 1 aromatic carbocycles. The molecule has 0 bridgehead atoms. The minimum atomic E-state index is -0.485. The highest BCUT2D eigenvalue weighted by Gasteiger charge is 2.18. The molecule has 106 valence electrons. The first-order valence-corrected chi connectivity index (χ1v) is 6.85. The van der Waals surface area contributed by atoms with Gasteiger partial charge < -0.3 is 10.1 Å². The van der Waals surface area contributed by atoms with Gasteiger partial charge >= 0.3 is 0 Å². The van der Waals surface area contributed by atoms with Crippen molar-refractivity contribution in [2.24, 2.45) is 5.92 Å². The molecule has 0 saturated carbocycles. The molecule has 0 unspecified atom stereocenters. The second kappa shape index (κ2) is 6.60. The van der Waals surface area contributed by atoms with E-state index in [0.29, 0.717) is 5.92 Å². The van der Waals surface area contributed by atoms with Crippen molar-refractivity contribution in [1.82, 2.24) is 5.32 Å². The number of hydrogen-bond donors (Lipinski definition) is 1. The Bertz CT molecular complexity index is 440. The first-order valence-electron chi connectivity index (χ1n) is 6.85. The van der Waals surface area contributed by atoms with Gasteiger partial charge in [0, 0.05) is 6.04 Å². The van der Waals surface area contributed by atoms with Crippen LogP contribution in [0.1, 0.15) is 38.8 Å². The maximum Gasteiger partial charge on any atom is 0.260 e. The van der Waals surface area contributed by atoms with Gasteiger partial charge in [0.05, 0.1) is 0 Å². The summed E-state index contributed by atoms with van der Waals surface area (Å²) in [6.07, 6.45) is -0.485. The summed E-state index contributed by atoms with van der Waals surface area (Å²) in [6.45, 7) is 12.0. The van der Waals surface area contributed by atoms with Crippen LogP contribution >= 0.6 is 0 Å². The molecule has 1 aromatic rings. The molecule has 0 saturated heterocycles. The fraction of sp³-hybridized carbons (Fsp3) is 0.562. The van der Waals surface area contributed by atoms with E-state index in [1.807, 2.05) is 39.0 Å². The predicted octanol–water partition coefficient (Wildman–Crippen LogP) is 3.23. The first-order chi connectivity index (χ1) is 8.81. The van der Waals surface area contributed by atoms with Crippen LogP contribution in [-0.2, 0) is 4.79 Å². The van der Waals surface area contributed by atoms with Gasteiger partial charge in [-0.05, 0) is 50.8 Å². The Morgan fingerprint density at radius 3 is 2.37 bits per heavy atom. The van der Waals surface area contributed by atoms with Crippen LogP contribution in [0.25, 0.3) is 0 Å². The van der Waals surface area contributed by atoms with Crippen LogP contribution in [-0.4, -0.2) is 18.1 Å². The van der Waals surface area contributed by atoms with Gasteiger partial charge in [-0.25, -0.2) is 0 Å². The number of aryl methyl sites for hydroxylation is 2. The summed E-state index contributed by atoms with van der Waals surface area (Å²) >= 11 is 0. The number of rotatable bonds is 5. The van der Waals surface area contributed by atoms with Crippen LogP contribution in [0.15, 0.2) is 18.2 Å². The van der Waals surface area contributed by atoms with Crippen molar-refractivity contribution >= 4 is 5.91 Å². The van der Waals surface area contributed by atoms with E-state index < -0.39 is 6.10 Å². The second-order valence-corrected chi connectivity index (χ2v) is 5.57. The summed E-state index contributed by atoms with van der Waals surface area (Å²) < 4.78 is 5.76. The second-order valence-electron chi connectivity index (χ2n) is 5.57. The largest absolute Gasteiger partial charge is 0.481 e. The molecule has 0 fully saturated rings. The van der Waals surface area contributed by atoms with Crippen molar-refractivity contribution in [3.8, 4) is 5.75 Å². The molecule has 3 heteroatoms. The SMILES string of the molecule is Cc1ccc(C)c(O[C@H](C)C(=O)N[C@@H](C)C(C)C)c1. The van der Waals surface area contributed by atoms with E-state index in [1.165, 1.54) is 0 Å². The molecule has 0 aliphatic heterocycles. The highest BCUT2D eigenvalue weighted by Crippen LogP contribution is 2.20. The fourth-order valence-electron chi connectivity index (χ4n) is 1.59. The normalized spacial score (nSPS) is 14.1. The van der Waals surface area contributed by atoms with E-state index in [0.717, 1.165) is 16.9 Å². The number of amides is 1. The summed E-state index contributed by atoms with van der Waals surface area (Å²) in [4.78, 5) is 12.0. The van der Waals surface area contributed by atoms with Crippen molar-refractivity contribution in [3.05, 3.63) is 29.3 Å². The van der Waals surface area contributed by atoms with Gasteiger partial charge in [0.1, 0.15) is 5.75 Å². The summed E-state index contributed by atoms with van der Waals surface area (Å²) in [6, 6.07) is 6.15. The fourth-order valence-corrected chi connectivity index (χ4v) is 1.59. The summed E-state index contributed by atoms with van der Waals surface area (Å²) in [7, 11) is 0. The van der Waals surface area contributed by atoms with Crippen molar-refractivity contribution < 1.29 is 9.53 Å². The molecule has 1 N–H and O–H groups in total. The Morgan fingerprint density at radius 2 is 1.79 bits per heavy atom. The van der Waals surface area contributed by atoms with Crippen molar-refractivity contribution in [3.63, 3.8) is 0 Å². The van der Waals surface area contributed by atoms with Crippen molar-refractivity contribution in [1.29, 1.82) is 0 Å². The van der Waals surface area contributed by atoms with Gasteiger partial charge in [-0.2, -0.15) is 0 Å². The standard InChI is InChI=1S/C16H25NO2/c1-10(2)13(5)17-16(18)14(6)19-15-9-11(3)7-8-12(15)4/h7-10,13-14H,1-6H3,(H,17,18)/t13-,14+/m0/s1. The zero-order valence-electron chi connectivity index (χ0n) is 12.8. The molecule has 1 amide bonds. The Balaban J connectivity index is 2.66. The van der Waals surface area contributed by atoms with Crippen LogP contribution in [0.5, 0.6) is 5.75 Å². The highest BCUT2D eigenvalue weighted by molar-refractivity contribution is 5.81. The molecule has 0 radical (unpaired) electrons. The monoisotopic (exact) mass is 263 g/mol. The van der Waals surface area contributed by atoms with Gasteiger partial charge in [0.25, 0.3) is 5.91 Å². The number of hydrogen-bond acceptors (Lipinski definition) is 2. The topological polar surface area (TPSA) is 38.3 Å². The van der Waals surface area contributed by atoms with E-state index in [9.17, 15) is 4.79 Å². The highest BCUT2D eigenvalue weighted by atomic mass is 16.5. The molecule has 0 heterocycles. The number of carbonyl (C=O) groups is 1. The van der Waals surface area contributed by atoms with E-state index in [-0.39, 0.29) is 11.9 Å². The molecule has 0 spiro atoms. The van der Waals surface area contributed by atoms with E-state index in [4.69, 9.17) is 4.74 Å². The van der Waals surface area contributed by atoms with Gasteiger partial charge in [-0.15, -0.1) is 0 Å². The van der Waals surface area contributed by atoms with Crippen LogP contribution in [0.2, 0.25) is 0 Å². The first kappa shape index (κ1) is 15.5. The van der Waals surface area contributed by atoms with Crippen LogP contribution in [0.4, 0.5) is 0 Å². The maximum atomic E-state index is 12.0. The molecule has 0 aliphatic carbocycles. The van der Waals surface area contributed by atoms with E-state index in [1.54, 1.807) is 6.92 Å². The van der Waals surface area contributed by atoms with Crippen molar-refractivity contribution in [2.45, 2.75) is 53.7 Å². The lowest BCUT2D eigenvalue weighted by Crippen LogP contribution is -2.43. The minimum absolute atomic E-state index is 0.0675. The number of benzene rings is 1. The van der Waals surface area contributed by atoms with Gasteiger partial charge in [0.2, 0.25) is 0 Å². The third-order valence-electron chi connectivity index (χ3n) is 3.39. The third kappa shape index (κ3) is 4.58. The molecule has 1 rings (SSSR count). The zero-order valence-corrected chi connectivity index (χ0v) is 12.8. The number of carbonyl (C=O) groups excluding carboxylic acids is 1. The quantitative estimate of drug-likeness (QED) is 0.885. The Hall–Kier alpha value is -1.51.